The molecule has 0 aliphatic rings. The number of hydrogen-bond acceptors (Lipinski definition) is 2. The van der Waals surface area contributed by atoms with E-state index >= 15 is 0 Å². The van der Waals surface area contributed by atoms with E-state index in [9.17, 15) is 0 Å². The first kappa shape index (κ1) is 12.5. The van der Waals surface area contributed by atoms with E-state index < -0.39 is 0 Å². The van der Waals surface area contributed by atoms with Crippen molar-refractivity contribution >= 4 is 24.0 Å². The molecule has 0 aliphatic carbocycles. The predicted octanol–water partition coefficient (Wildman–Crippen LogP) is 1.77. The molecule has 0 saturated heterocycles. The lowest BCUT2D eigenvalue weighted by Gasteiger charge is -1.75. The van der Waals surface area contributed by atoms with Crippen LogP contribution < -0.4 is 0 Å². The molecular formula is C6H14IN3. The summed E-state index contributed by atoms with van der Waals surface area (Å²) in [4.78, 5) is 0. The van der Waals surface area contributed by atoms with Crippen molar-refractivity contribution in [2.24, 2.45) is 7.05 Å². The van der Waals surface area contributed by atoms with Crippen molar-refractivity contribution in [3.8, 4) is 0 Å². The molecule has 0 aliphatic heterocycles. The highest BCUT2D eigenvalue weighted by Crippen LogP contribution is 1.82. The third-order valence-corrected chi connectivity index (χ3v) is 0.717. The molecule has 0 atom stereocenters. The molecule has 1 aromatic rings. The van der Waals surface area contributed by atoms with Gasteiger partial charge < -0.3 is 0 Å². The van der Waals surface area contributed by atoms with Gasteiger partial charge in [-0.2, -0.15) is 0 Å². The average Bonchev–Trinajstić information content (AvgIpc) is 2.20. The predicted molar refractivity (Wildman–Crippen MR) is 52.5 cm³/mol. The van der Waals surface area contributed by atoms with Crippen LogP contribution in [0.15, 0.2) is 6.20 Å². The van der Waals surface area contributed by atoms with Crippen LogP contribution in [0.1, 0.15) is 19.5 Å². The van der Waals surface area contributed by atoms with Gasteiger partial charge >= 0.3 is 0 Å². The maximum atomic E-state index is 3.73. The van der Waals surface area contributed by atoms with Crippen LogP contribution in [0.5, 0.6) is 0 Å². The third-order valence-electron chi connectivity index (χ3n) is 0.717. The van der Waals surface area contributed by atoms with Gasteiger partial charge in [0.25, 0.3) is 0 Å². The zero-order chi connectivity index (χ0) is 7.28. The summed E-state index contributed by atoms with van der Waals surface area (Å²) in [6, 6.07) is 0. The highest BCUT2D eigenvalue weighted by Gasteiger charge is 1.83. The van der Waals surface area contributed by atoms with Crippen LogP contribution in [0.3, 0.4) is 0 Å². The third kappa shape index (κ3) is 4.72. The quantitative estimate of drug-likeness (QED) is 0.661. The van der Waals surface area contributed by atoms with E-state index in [0.717, 1.165) is 5.69 Å². The second-order valence-corrected chi connectivity index (χ2v) is 1.53. The fourth-order valence-corrected chi connectivity index (χ4v) is 0.463. The molecule has 0 aromatic carbocycles. The Morgan fingerprint density at radius 2 is 1.90 bits per heavy atom. The minimum absolute atomic E-state index is 0. The number of rotatable bonds is 0. The van der Waals surface area contributed by atoms with Crippen LogP contribution in [0, 0.1) is 6.92 Å². The molecule has 1 heterocycles. The Morgan fingerprint density at radius 1 is 1.40 bits per heavy atom. The molecule has 1 rings (SSSR count). The van der Waals surface area contributed by atoms with Crippen molar-refractivity contribution in [2.45, 2.75) is 20.8 Å². The Kier molecular flexibility index (Phi) is 8.75. The van der Waals surface area contributed by atoms with Crippen molar-refractivity contribution < 1.29 is 0 Å². The first-order chi connectivity index (χ1) is 4.29. The van der Waals surface area contributed by atoms with Gasteiger partial charge in [0.05, 0.1) is 5.69 Å². The molecule has 1 aromatic heterocycles. The number of hydrogen-bond donors (Lipinski definition) is 0. The minimum Gasteiger partial charge on any atom is -0.255 e. The molecule has 0 amide bonds. The molecule has 0 radical (unpaired) electrons. The van der Waals surface area contributed by atoms with Crippen molar-refractivity contribution in [3.05, 3.63) is 11.9 Å². The summed E-state index contributed by atoms with van der Waals surface area (Å²) in [5, 5.41) is 7.41. The highest BCUT2D eigenvalue weighted by atomic mass is 127. The van der Waals surface area contributed by atoms with E-state index in [1.807, 2.05) is 34.0 Å². The van der Waals surface area contributed by atoms with E-state index in [1.54, 1.807) is 4.68 Å². The molecule has 10 heavy (non-hydrogen) atoms. The lowest BCUT2D eigenvalue weighted by molar-refractivity contribution is 0.714. The van der Waals surface area contributed by atoms with E-state index in [2.05, 4.69) is 10.3 Å². The monoisotopic (exact) mass is 255 g/mol. The Balaban J connectivity index is 0. The fourth-order valence-electron chi connectivity index (χ4n) is 0.463. The number of halogens is 1. The molecule has 60 valence electrons. The maximum absolute atomic E-state index is 3.73. The van der Waals surface area contributed by atoms with Crippen LogP contribution in [0.2, 0.25) is 0 Å². The number of nitrogens with zero attached hydrogens (tertiary/aromatic N) is 3. The molecule has 0 spiro atoms. The Labute approximate surface area is 78.8 Å². The summed E-state index contributed by atoms with van der Waals surface area (Å²) in [7, 11) is 1.85. The first-order valence-corrected chi connectivity index (χ1v) is 3.12. The summed E-state index contributed by atoms with van der Waals surface area (Å²) >= 11 is 0. The molecule has 0 fully saturated rings. The SMILES string of the molecule is CC.Cc1cn(C)nn1.I. The standard InChI is InChI=1S/C4H7N3.C2H6.HI/c1-4-3-7(2)6-5-4;1-2;/h3H,1-2H3;1-2H3;1H. The summed E-state index contributed by atoms with van der Waals surface area (Å²) in [6.45, 7) is 5.91. The largest absolute Gasteiger partial charge is 0.255 e. The Morgan fingerprint density at radius 3 is 2.00 bits per heavy atom. The summed E-state index contributed by atoms with van der Waals surface area (Å²) in [5.74, 6) is 0. The smallest absolute Gasteiger partial charge is 0.0796 e. The van der Waals surface area contributed by atoms with Crippen LogP contribution >= 0.6 is 24.0 Å². The van der Waals surface area contributed by atoms with Crippen molar-refractivity contribution in [2.75, 3.05) is 0 Å². The van der Waals surface area contributed by atoms with Crippen molar-refractivity contribution in [3.63, 3.8) is 0 Å². The zero-order valence-corrected chi connectivity index (χ0v) is 9.16. The number of aromatic nitrogens is 3. The molecule has 4 heteroatoms. The fraction of sp³-hybridized carbons (Fsp3) is 0.667. The average molecular weight is 255 g/mol. The van der Waals surface area contributed by atoms with Gasteiger partial charge in [0.15, 0.2) is 0 Å². The second-order valence-electron chi connectivity index (χ2n) is 1.53. The van der Waals surface area contributed by atoms with Crippen LogP contribution in [-0.2, 0) is 7.05 Å². The van der Waals surface area contributed by atoms with Gasteiger partial charge in [-0.05, 0) is 6.92 Å². The molecule has 0 bridgehead atoms. The number of aryl methyl sites for hydroxylation is 2. The van der Waals surface area contributed by atoms with Gasteiger partial charge in [0.2, 0.25) is 0 Å². The summed E-state index contributed by atoms with van der Waals surface area (Å²) in [5.41, 5.74) is 0.961. The van der Waals surface area contributed by atoms with Crippen molar-refractivity contribution in [1.82, 2.24) is 15.0 Å². The molecular weight excluding hydrogens is 241 g/mol. The highest BCUT2D eigenvalue weighted by molar-refractivity contribution is 14.0. The van der Waals surface area contributed by atoms with Crippen LogP contribution in [0.4, 0.5) is 0 Å². The van der Waals surface area contributed by atoms with Gasteiger partial charge in [0.1, 0.15) is 0 Å². The Bertz CT molecular complexity index is 145. The van der Waals surface area contributed by atoms with Crippen LogP contribution in [-0.4, -0.2) is 15.0 Å². The topological polar surface area (TPSA) is 30.7 Å². The van der Waals surface area contributed by atoms with Gasteiger partial charge in [-0.1, -0.05) is 19.1 Å². The van der Waals surface area contributed by atoms with E-state index in [4.69, 9.17) is 0 Å². The minimum atomic E-state index is 0. The molecule has 3 nitrogen and oxygen atoms in total. The molecule has 0 saturated carbocycles. The lowest BCUT2D eigenvalue weighted by Crippen LogP contribution is -1.85. The first-order valence-electron chi connectivity index (χ1n) is 3.12. The lowest BCUT2D eigenvalue weighted by atomic mass is 10.6. The van der Waals surface area contributed by atoms with Crippen molar-refractivity contribution in [1.29, 1.82) is 0 Å². The molecule has 0 N–H and O–H groups in total. The maximum Gasteiger partial charge on any atom is 0.0796 e. The van der Waals surface area contributed by atoms with Gasteiger partial charge in [-0.15, -0.1) is 29.1 Å². The van der Waals surface area contributed by atoms with Gasteiger partial charge in [-0.3, -0.25) is 4.68 Å². The zero-order valence-electron chi connectivity index (χ0n) is 6.83. The second kappa shape index (κ2) is 6.98. The van der Waals surface area contributed by atoms with Gasteiger partial charge in [-0.25, -0.2) is 0 Å². The molecule has 0 unspecified atom stereocenters. The normalized spacial score (nSPS) is 7.20. The Hall–Kier alpha value is -0.130. The summed E-state index contributed by atoms with van der Waals surface area (Å²) in [6.07, 6.45) is 1.86. The van der Waals surface area contributed by atoms with E-state index in [0.29, 0.717) is 0 Å². The van der Waals surface area contributed by atoms with E-state index in [1.165, 1.54) is 0 Å². The van der Waals surface area contributed by atoms with Gasteiger partial charge in [0, 0.05) is 13.2 Å². The van der Waals surface area contributed by atoms with E-state index in [-0.39, 0.29) is 24.0 Å². The summed E-state index contributed by atoms with van der Waals surface area (Å²) < 4.78 is 1.68. The van der Waals surface area contributed by atoms with Crippen LogP contribution in [0.25, 0.3) is 0 Å².